The van der Waals surface area contributed by atoms with Gasteiger partial charge < -0.3 is 14.8 Å². The highest BCUT2D eigenvalue weighted by Gasteiger charge is 2.13. The summed E-state index contributed by atoms with van der Waals surface area (Å²) in [5.41, 5.74) is 0.645. The van der Waals surface area contributed by atoms with Crippen LogP contribution in [0, 0.1) is 0 Å². The van der Waals surface area contributed by atoms with E-state index in [4.69, 9.17) is 14.6 Å². The lowest BCUT2D eigenvalue weighted by Gasteiger charge is -2.15. The first-order valence-electron chi connectivity index (χ1n) is 6.33. The van der Waals surface area contributed by atoms with Crippen molar-refractivity contribution in [1.82, 2.24) is 5.32 Å². The Morgan fingerprint density at radius 1 is 1.38 bits per heavy atom. The third kappa shape index (κ3) is 6.21. The standard InChI is InChI=1S/C13H20N2O5S/c1-10(15-13(16)9-20-7-6-19-2)11-4-3-5-12(8-11)21(14,17)18/h3-5,8,10H,6-7,9H2,1-2H3,(H,15,16)(H2,14,17,18). The first-order valence-corrected chi connectivity index (χ1v) is 7.88. The highest BCUT2D eigenvalue weighted by molar-refractivity contribution is 7.89. The predicted molar refractivity (Wildman–Crippen MR) is 77.1 cm³/mol. The minimum atomic E-state index is -3.76. The summed E-state index contributed by atoms with van der Waals surface area (Å²) in [6, 6.07) is 5.77. The molecule has 1 rings (SSSR count). The molecule has 0 aromatic heterocycles. The van der Waals surface area contributed by atoms with E-state index in [0.717, 1.165) is 0 Å². The molecule has 0 heterocycles. The van der Waals surface area contributed by atoms with Gasteiger partial charge in [-0.2, -0.15) is 0 Å². The number of hydrogen-bond acceptors (Lipinski definition) is 5. The highest BCUT2D eigenvalue weighted by Crippen LogP contribution is 2.16. The molecule has 0 spiro atoms. The number of benzene rings is 1. The Morgan fingerprint density at radius 3 is 2.71 bits per heavy atom. The molecule has 0 saturated carbocycles. The highest BCUT2D eigenvalue weighted by atomic mass is 32.2. The lowest BCUT2D eigenvalue weighted by molar-refractivity contribution is -0.126. The number of methoxy groups -OCH3 is 1. The molecular formula is C13H20N2O5S. The molecule has 1 atom stereocenters. The van der Waals surface area contributed by atoms with Gasteiger partial charge in [0.1, 0.15) is 6.61 Å². The van der Waals surface area contributed by atoms with Gasteiger partial charge in [-0.3, -0.25) is 4.79 Å². The van der Waals surface area contributed by atoms with Crippen molar-refractivity contribution < 1.29 is 22.7 Å². The van der Waals surface area contributed by atoms with Gasteiger partial charge >= 0.3 is 0 Å². The van der Waals surface area contributed by atoms with E-state index in [1.807, 2.05) is 0 Å². The second-order valence-corrected chi connectivity index (χ2v) is 6.01. The lowest BCUT2D eigenvalue weighted by Crippen LogP contribution is -2.30. The maximum atomic E-state index is 11.7. The molecule has 0 aliphatic carbocycles. The molecular weight excluding hydrogens is 296 g/mol. The second kappa shape index (κ2) is 8.08. The van der Waals surface area contributed by atoms with Crippen LogP contribution in [0.25, 0.3) is 0 Å². The average molecular weight is 316 g/mol. The summed E-state index contributed by atoms with van der Waals surface area (Å²) in [4.78, 5) is 11.7. The van der Waals surface area contributed by atoms with Gasteiger partial charge in [-0.1, -0.05) is 12.1 Å². The van der Waals surface area contributed by atoms with Crippen LogP contribution in [-0.2, 0) is 24.3 Å². The van der Waals surface area contributed by atoms with Crippen LogP contribution in [0.2, 0.25) is 0 Å². The molecule has 1 amide bonds. The minimum Gasteiger partial charge on any atom is -0.382 e. The van der Waals surface area contributed by atoms with Crippen LogP contribution in [0.1, 0.15) is 18.5 Å². The summed E-state index contributed by atoms with van der Waals surface area (Å²) < 4.78 is 32.5. The molecule has 0 radical (unpaired) electrons. The van der Waals surface area contributed by atoms with Gasteiger partial charge in [0.15, 0.2) is 0 Å². The quantitative estimate of drug-likeness (QED) is 0.665. The van der Waals surface area contributed by atoms with Crippen LogP contribution in [0.3, 0.4) is 0 Å². The topological polar surface area (TPSA) is 108 Å². The minimum absolute atomic E-state index is 0.0115. The Balaban J connectivity index is 2.59. The number of amides is 1. The summed E-state index contributed by atoms with van der Waals surface area (Å²) in [7, 11) is -2.21. The molecule has 8 heteroatoms. The van der Waals surface area contributed by atoms with E-state index < -0.39 is 10.0 Å². The van der Waals surface area contributed by atoms with Crippen molar-refractivity contribution in [2.75, 3.05) is 26.9 Å². The Hall–Kier alpha value is -1.48. The van der Waals surface area contributed by atoms with Gasteiger partial charge in [-0.15, -0.1) is 0 Å². The first-order chi connectivity index (χ1) is 9.84. The summed E-state index contributed by atoms with van der Waals surface area (Å²) >= 11 is 0. The maximum absolute atomic E-state index is 11.7. The molecule has 7 nitrogen and oxygen atoms in total. The van der Waals surface area contributed by atoms with E-state index >= 15 is 0 Å². The van der Waals surface area contributed by atoms with E-state index in [0.29, 0.717) is 18.8 Å². The van der Waals surface area contributed by atoms with Crippen molar-refractivity contribution in [2.24, 2.45) is 5.14 Å². The molecule has 1 aromatic rings. The summed E-state index contributed by atoms with van der Waals surface area (Å²) in [5.74, 6) is -0.292. The van der Waals surface area contributed by atoms with Gasteiger partial charge in [0.2, 0.25) is 15.9 Å². The van der Waals surface area contributed by atoms with Crippen LogP contribution >= 0.6 is 0 Å². The number of sulfonamides is 1. The van der Waals surface area contributed by atoms with Gasteiger partial charge in [-0.25, -0.2) is 13.6 Å². The molecule has 118 valence electrons. The van der Waals surface area contributed by atoms with Crippen LogP contribution in [0.15, 0.2) is 29.2 Å². The molecule has 3 N–H and O–H groups in total. The van der Waals surface area contributed by atoms with Gasteiger partial charge in [0.05, 0.1) is 24.2 Å². The molecule has 0 aliphatic rings. The fourth-order valence-corrected chi connectivity index (χ4v) is 2.20. The number of nitrogens with one attached hydrogen (secondary N) is 1. The van der Waals surface area contributed by atoms with E-state index in [1.54, 1.807) is 26.2 Å². The fraction of sp³-hybridized carbons (Fsp3) is 0.462. The summed E-state index contributed by atoms with van der Waals surface area (Å²) in [6.07, 6.45) is 0. The third-order valence-electron chi connectivity index (χ3n) is 2.73. The van der Waals surface area contributed by atoms with Crippen LogP contribution in [0.5, 0.6) is 0 Å². The van der Waals surface area contributed by atoms with Crippen molar-refractivity contribution >= 4 is 15.9 Å². The van der Waals surface area contributed by atoms with E-state index in [9.17, 15) is 13.2 Å². The number of primary sulfonamides is 1. The fourth-order valence-electron chi connectivity index (χ4n) is 1.63. The van der Waals surface area contributed by atoms with Gasteiger partial charge in [0.25, 0.3) is 0 Å². The third-order valence-corrected chi connectivity index (χ3v) is 3.64. The SMILES string of the molecule is COCCOCC(=O)NC(C)c1cccc(S(N)(=O)=O)c1. The van der Waals surface area contributed by atoms with Gasteiger partial charge in [-0.05, 0) is 24.6 Å². The van der Waals surface area contributed by atoms with Crippen LogP contribution < -0.4 is 10.5 Å². The van der Waals surface area contributed by atoms with Crippen molar-refractivity contribution in [3.63, 3.8) is 0 Å². The Labute approximate surface area is 124 Å². The number of carbonyl (C=O) groups excluding carboxylic acids is 1. The first kappa shape index (κ1) is 17.6. The Morgan fingerprint density at radius 2 is 2.10 bits per heavy atom. The molecule has 0 saturated heterocycles. The number of ether oxygens (including phenoxy) is 2. The average Bonchev–Trinajstić information content (AvgIpc) is 2.43. The lowest BCUT2D eigenvalue weighted by atomic mass is 10.1. The number of hydrogen-bond donors (Lipinski definition) is 2. The predicted octanol–water partition coefficient (Wildman–Crippen LogP) is 0.174. The zero-order valence-electron chi connectivity index (χ0n) is 12.0. The van der Waals surface area contributed by atoms with Crippen molar-refractivity contribution in [3.8, 4) is 0 Å². The largest absolute Gasteiger partial charge is 0.382 e. The molecule has 0 bridgehead atoms. The number of nitrogens with two attached hydrogens (primary N) is 1. The zero-order valence-corrected chi connectivity index (χ0v) is 12.9. The molecule has 1 unspecified atom stereocenters. The normalized spacial score (nSPS) is 12.9. The number of rotatable bonds is 8. The summed E-state index contributed by atoms with van der Waals surface area (Å²) in [6.45, 7) is 2.41. The Bertz CT molecular complexity index is 574. The van der Waals surface area contributed by atoms with Gasteiger partial charge in [0, 0.05) is 7.11 Å². The zero-order chi connectivity index (χ0) is 15.9. The molecule has 0 fully saturated rings. The maximum Gasteiger partial charge on any atom is 0.246 e. The van der Waals surface area contributed by atoms with E-state index in [2.05, 4.69) is 5.32 Å². The number of carbonyl (C=O) groups is 1. The summed E-state index contributed by atoms with van der Waals surface area (Å²) in [5, 5.41) is 7.79. The van der Waals surface area contributed by atoms with E-state index in [-0.39, 0.29) is 23.5 Å². The smallest absolute Gasteiger partial charge is 0.246 e. The van der Waals surface area contributed by atoms with Crippen LogP contribution in [-0.4, -0.2) is 41.3 Å². The molecule has 1 aromatic carbocycles. The van der Waals surface area contributed by atoms with Crippen molar-refractivity contribution in [3.05, 3.63) is 29.8 Å². The van der Waals surface area contributed by atoms with Crippen molar-refractivity contribution in [1.29, 1.82) is 0 Å². The molecule has 21 heavy (non-hydrogen) atoms. The van der Waals surface area contributed by atoms with Crippen molar-refractivity contribution in [2.45, 2.75) is 17.9 Å². The van der Waals surface area contributed by atoms with E-state index in [1.165, 1.54) is 12.1 Å². The van der Waals surface area contributed by atoms with Crippen LogP contribution in [0.4, 0.5) is 0 Å². The monoisotopic (exact) mass is 316 g/mol. The Kier molecular flexibility index (Phi) is 6.76. The second-order valence-electron chi connectivity index (χ2n) is 4.45. The molecule has 0 aliphatic heterocycles.